The van der Waals surface area contributed by atoms with E-state index in [0.29, 0.717) is 5.82 Å². The highest BCUT2D eigenvalue weighted by Crippen LogP contribution is 2.27. The van der Waals surface area contributed by atoms with Crippen LogP contribution < -0.4 is 5.32 Å². The minimum Gasteiger partial charge on any atom is -0.475 e. The van der Waals surface area contributed by atoms with Gasteiger partial charge in [0, 0.05) is 33.5 Å². The second kappa shape index (κ2) is 8.09. The Labute approximate surface area is 160 Å². The highest BCUT2D eigenvalue weighted by molar-refractivity contribution is 7.08. The minimum absolute atomic E-state index is 0.139. The van der Waals surface area contributed by atoms with Crippen molar-refractivity contribution in [3.05, 3.63) is 57.9 Å². The standard InChI is InChI=1S/C20H19N3O3S/c1-3-15-16(4-2)22-18(13-9-10-27-11-13)23-19(15)21-14-7-5-12(6-8-14)17(24)20(25)26/h5-11H,3-4H2,1-2H3,(H,25,26)(H,21,22,23). The van der Waals surface area contributed by atoms with Crippen LogP contribution in [-0.2, 0) is 17.6 Å². The number of rotatable bonds is 7. The Morgan fingerprint density at radius 1 is 1.07 bits per heavy atom. The number of anilines is 2. The molecule has 0 bridgehead atoms. The Morgan fingerprint density at radius 2 is 1.81 bits per heavy atom. The van der Waals surface area contributed by atoms with E-state index in [1.807, 2.05) is 16.8 Å². The van der Waals surface area contributed by atoms with Crippen LogP contribution in [0.15, 0.2) is 41.1 Å². The molecule has 3 rings (SSSR count). The molecule has 0 aliphatic rings. The molecule has 0 saturated heterocycles. The van der Waals surface area contributed by atoms with Gasteiger partial charge in [-0.3, -0.25) is 4.79 Å². The van der Waals surface area contributed by atoms with Crippen LogP contribution in [0.4, 0.5) is 11.5 Å². The summed E-state index contributed by atoms with van der Waals surface area (Å²) in [5.74, 6) is -0.994. The first kappa shape index (κ1) is 18.7. The topological polar surface area (TPSA) is 92.2 Å². The number of ketones is 1. The van der Waals surface area contributed by atoms with Gasteiger partial charge >= 0.3 is 5.97 Å². The fourth-order valence-corrected chi connectivity index (χ4v) is 3.42. The smallest absolute Gasteiger partial charge is 0.377 e. The van der Waals surface area contributed by atoms with E-state index in [2.05, 4.69) is 19.2 Å². The molecule has 0 atom stereocenters. The Morgan fingerprint density at radius 3 is 2.37 bits per heavy atom. The van der Waals surface area contributed by atoms with Crippen LogP contribution in [0, 0.1) is 0 Å². The van der Waals surface area contributed by atoms with Gasteiger partial charge in [0.25, 0.3) is 5.78 Å². The second-order valence-electron chi connectivity index (χ2n) is 5.88. The number of aromatic nitrogens is 2. The molecule has 138 valence electrons. The largest absolute Gasteiger partial charge is 0.475 e. The average molecular weight is 381 g/mol. The second-order valence-corrected chi connectivity index (χ2v) is 6.66. The van der Waals surface area contributed by atoms with Crippen LogP contribution in [0.1, 0.15) is 35.5 Å². The first-order chi connectivity index (χ1) is 13.0. The van der Waals surface area contributed by atoms with Crippen LogP contribution in [0.5, 0.6) is 0 Å². The monoisotopic (exact) mass is 381 g/mol. The van der Waals surface area contributed by atoms with E-state index >= 15 is 0 Å². The molecule has 7 heteroatoms. The predicted octanol–water partition coefficient (Wildman–Crippen LogP) is 4.34. The number of benzene rings is 1. The number of aryl methyl sites for hydroxylation is 1. The summed E-state index contributed by atoms with van der Waals surface area (Å²) in [6.45, 7) is 4.12. The molecule has 2 N–H and O–H groups in total. The van der Waals surface area contributed by atoms with E-state index in [0.717, 1.165) is 41.2 Å². The molecule has 0 spiro atoms. The molecule has 3 aromatic rings. The molecular formula is C20H19N3O3S. The number of Topliss-reactive ketones (excluding diaryl/α,β-unsaturated/α-hetero) is 1. The highest BCUT2D eigenvalue weighted by atomic mass is 32.1. The van der Waals surface area contributed by atoms with Gasteiger partial charge in [-0.1, -0.05) is 13.8 Å². The molecule has 0 fully saturated rings. The summed E-state index contributed by atoms with van der Waals surface area (Å²) in [4.78, 5) is 31.7. The maximum atomic E-state index is 11.5. The van der Waals surface area contributed by atoms with Crippen molar-refractivity contribution in [1.29, 1.82) is 0 Å². The third-order valence-electron chi connectivity index (χ3n) is 4.16. The Hall–Kier alpha value is -3.06. The van der Waals surface area contributed by atoms with Gasteiger partial charge in [-0.05, 0) is 48.6 Å². The van der Waals surface area contributed by atoms with Gasteiger partial charge in [0.05, 0.1) is 0 Å². The summed E-state index contributed by atoms with van der Waals surface area (Å²) in [5, 5.41) is 16.1. The number of aliphatic carboxylic acids is 1. The van der Waals surface area contributed by atoms with Crippen molar-refractivity contribution in [2.24, 2.45) is 0 Å². The van der Waals surface area contributed by atoms with Gasteiger partial charge in [0.15, 0.2) is 5.82 Å². The van der Waals surface area contributed by atoms with Crippen LogP contribution >= 0.6 is 11.3 Å². The van der Waals surface area contributed by atoms with Crippen molar-refractivity contribution in [1.82, 2.24) is 9.97 Å². The van der Waals surface area contributed by atoms with Gasteiger partial charge < -0.3 is 10.4 Å². The minimum atomic E-state index is -1.47. The highest BCUT2D eigenvalue weighted by Gasteiger charge is 2.16. The van der Waals surface area contributed by atoms with E-state index in [1.54, 1.807) is 23.5 Å². The molecule has 0 saturated carbocycles. The molecule has 0 amide bonds. The number of nitrogens with zero attached hydrogens (tertiary/aromatic N) is 2. The summed E-state index contributed by atoms with van der Waals surface area (Å²) >= 11 is 1.59. The van der Waals surface area contributed by atoms with Crippen molar-refractivity contribution >= 4 is 34.6 Å². The summed E-state index contributed by atoms with van der Waals surface area (Å²) in [6, 6.07) is 8.32. The molecule has 0 aliphatic carbocycles. The lowest BCUT2D eigenvalue weighted by Crippen LogP contribution is -2.12. The van der Waals surface area contributed by atoms with Crippen molar-refractivity contribution < 1.29 is 14.7 Å². The normalized spacial score (nSPS) is 10.6. The fraction of sp³-hybridized carbons (Fsp3) is 0.200. The number of carboxylic acid groups (broad SMARTS) is 1. The van der Waals surface area contributed by atoms with Gasteiger partial charge in [-0.25, -0.2) is 14.8 Å². The first-order valence-corrected chi connectivity index (χ1v) is 9.54. The zero-order chi connectivity index (χ0) is 19.4. The number of hydrogen-bond acceptors (Lipinski definition) is 6. The quantitative estimate of drug-likeness (QED) is 0.467. The number of nitrogens with one attached hydrogen (secondary N) is 1. The molecule has 2 heterocycles. The number of hydrogen-bond donors (Lipinski definition) is 2. The van der Waals surface area contributed by atoms with Crippen LogP contribution in [0.25, 0.3) is 11.4 Å². The van der Waals surface area contributed by atoms with Gasteiger partial charge in [0.2, 0.25) is 0 Å². The van der Waals surface area contributed by atoms with Gasteiger partial charge in [-0.2, -0.15) is 11.3 Å². The Balaban J connectivity index is 1.97. The Kier molecular flexibility index (Phi) is 5.61. The van der Waals surface area contributed by atoms with Crippen molar-refractivity contribution in [3.8, 4) is 11.4 Å². The van der Waals surface area contributed by atoms with E-state index in [1.165, 1.54) is 12.1 Å². The molecule has 2 aromatic heterocycles. The predicted molar refractivity (Wildman–Crippen MR) is 106 cm³/mol. The molecule has 0 radical (unpaired) electrons. The molecule has 6 nitrogen and oxygen atoms in total. The van der Waals surface area contributed by atoms with E-state index in [-0.39, 0.29) is 5.56 Å². The third kappa shape index (κ3) is 4.03. The molecule has 0 unspecified atom stereocenters. The number of carboxylic acids is 1. The Bertz CT molecular complexity index is 967. The lowest BCUT2D eigenvalue weighted by Gasteiger charge is -2.15. The number of thiophene rings is 1. The lowest BCUT2D eigenvalue weighted by molar-refractivity contribution is -0.131. The summed E-state index contributed by atoms with van der Waals surface area (Å²) in [7, 11) is 0. The number of carbonyl (C=O) groups is 2. The van der Waals surface area contributed by atoms with Gasteiger partial charge in [0.1, 0.15) is 5.82 Å². The molecule has 0 aliphatic heterocycles. The number of carbonyl (C=O) groups excluding carboxylic acids is 1. The van der Waals surface area contributed by atoms with Crippen molar-refractivity contribution in [3.63, 3.8) is 0 Å². The summed E-state index contributed by atoms with van der Waals surface area (Å²) < 4.78 is 0. The SMILES string of the molecule is CCc1nc(-c2ccsc2)nc(Nc2ccc(C(=O)C(=O)O)cc2)c1CC. The van der Waals surface area contributed by atoms with Crippen molar-refractivity contribution in [2.45, 2.75) is 26.7 Å². The molecule has 1 aromatic carbocycles. The van der Waals surface area contributed by atoms with E-state index in [4.69, 9.17) is 15.1 Å². The van der Waals surface area contributed by atoms with Crippen LogP contribution in [-0.4, -0.2) is 26.8 Å². The fourth-order valence-electron chi connectivity index (χ4n) is 2.78. The van der Waals surface area contributed by atoms with Crippen molar-refractivity contribution in [2.75, 3.05) is 5.32 Å². The first-order valence-electron chi connectivity index (χ1n) is 8.60. The zero-order valence-electron chi connectivity index (χ0n) is 15.0. The lowest BCUT2D eigenvalue weighted by atomic mass is 10.1. The summed E-state index contributed by atoms with van der Waals surface area (Å²) in [6.07, 6.45) is 1.58. The maximum absolute atomic E-state index is 11.5. The van der Waals surface area contributed by atoms with Gasteiger partial charge in [-0.15, -0.1) is 0 Å². The van der Waals surface area contributed by atoms with E-state index < -0.39 is 11.8 Å². The maximum Gasteiger partial charge on any atom is 0.377 e. The van der Waals surface area contributed by atoms with Crippen LogP contribution in [0.3, 0.4) is 0 Å². The summed E-state index contributed by atoms with van der Waals surface area (Å²) in [5.41, 5.74) is 3.88. The molecular weight excluding hydrogens is 362 g/mol. The molecule has 27 heavy (non-hydrogen) atoms. The van der Waals surface area contributed by atoms with Crippen LogP contribution in [0.2, 0.25) is 0 Å². The average Bonchev–Trinajstić information content (AvgIpc) is 3.22. The third-order valence-corrected chi connectivity index (χ3v) is 4.85. The zero-order valence-corrected chi connectivity index (χ0v) is 15.8. The van der Waals surface area contributed by atoms with E-state index in [9.17, 15) is 9.59 Å².